The van der Waals surface area contributed by atoms with E-state index in [-0.39, 0.29) is 24.2 Å². The third-order valence-corrected chi connectivity index (χ3v) is 6.11. The van der Waals surface area contributed by atoms with Gasteiger partial charge in [-0.25, -0.2) is 4.98 Å². The Kier molecular flexibility index (Phi) is 4.97. The maximum atomic E-state index is 13.5. The van der Waals surface area contributed by atoms with Gasteiger partial charge in [0.2, 0.25) is 0 Å². The van der Waals surface area contributed by atoms with E-state index in [1.54, 1.807) is 6.20 Å². The number of carbonyl (C=O) groups is 1. The minimum absolute atomic E-state index is 0.0299. The third-order valence-electron chi connectivity index (χ3n) is 6.11. The van der Waals surface area contributed by atoms with E-state index < -0.39 is 0 Å². The maximum Gasteiger partial charge on any atom is 0.256 e. The van der Waals surface area contributed by atoms with Crippen LogP contribution in [0.3, 0.4) is 0 Å². The highest BCUT2D eigenvalue weighted by molar-refractivity contribution is 6.00. The molecule has 1 aromatic carbocycles. The highest BCUT2D eigenvalue weighted by atomic mass is 16.5. The monoisotopic (exact) mass is 393 g/mol. The molecular formula is C23H27N3O3. The first kappa shape index (κ1) is 18.6. The standard InChI is InChI=1S/C23H27N3O3/c1-15-7-10-20(29-15)16-8-9-18-19(13-16)26(23(27)21-6-2-3-12-28-21)14-17-5-4-11-24-22(17)25-18/h4-5,8-9,11,13,15,20-21H,2-3,6-7,10,12,14H2,1H3,(H,24,25)/t15-,20-,21-/m1/s1. The quantitative estimate of drug-likeness (QED) is 0.815. The first-order chi connectivity index (χ1) is 14.2. The number of nitrogens with one attached hydrogen (secondary N) is 1. The zero-order chi connectivity index (χ0) is 19.8. The molecule has 4 heterocycles. The number of fused-ring (bicyclic) bond motifs is 2. The Balaban J connectivity index is 1.54. The molecule has 3 atom stereocenters. The smallest absolute Gasteiger partial charge is 0.256 e. The highest BCUT2D eigenvalue weighted by Crippen LogP contribution is 2.40. The largest absolute Gasteiger partial charge is 0.371 e. The van der Waals surface area contributed by atoms with Crippen LogP contribution in [0.4, 0.5) is 17.2 Å². The fraction of sp³-hybridized carbons (Fsp3) is 0.478. The van der Waals surface area contributed by atoms with E-state index in [2.05, 4.69) is 29.4 Å². The predicted octanol–water partition coefficient (Wildman–Crippen LogP) is 4.48. The average molecular weight is 393 g/mol. The van der Waals surface area contributed by atoms with Crippen LogP contribution in [0.2, 0.25) is 0 Å². The molecule has 6 nitrogen and oxygen atoms in total. The lowest BCUT2D eigenvalue weighted by Gasteiger charge is -2.30. The summed E-state index contributed by atoms with van der Waals surface area (Å²) in [5.74, 6) is 0.828. The van der Waals surface area contributed by atoms with Crippen LogP contribution >= 0.6 is 0 Å². The average Bonchev–Trinajstić information content (AvgIpc) is 3.12. The Morgan fingerprint density at radius 2 is 2.14 bits per heavy atom. The Morgan fingerprint density at radius 1 is 1.21 bits per heavy atom. The molecular weight excluding hydrogens is 366 g/mol. The zero-order valence-corrected chi connectivity index (χ0v) is 16.8. The number of nitrogens with zero attached hydrogens (tertiary/aromatic N) is 2. The van der Waals surface area contributed by atoms with Crippen molar-refractivity contribution in [2.24, 2.45) is 0 Å². The first-order valence-electron chi connectivity index (χ1n) is 10.6. The molecule has 1 amide bonds. The van der Waals surface area contributed by atoms with Crippen molar-refractivity contribution >= 4 is 23.1 Å². The van der Waals surface area contributed by atoms with Gasteiger partial charge in [0.15, 0.2) is 0 Å². The van der Waals surface area contributed by atoms with E-state index >= 15 is 0 Å². The molecule has 2 aromatic rings. The van der Waals surface area contributed by atoms with Crippen molar-refractivity contribution in [3.05, 3.63) is 47.7 Å². The fourth-order valence-electron chi connectivity index (χ4n) is 4.49. The van der Waals surface area contributed by atoms with E-state index in [4.69, 9.17) is 9.47 Å². The summed E-state index contributed by atoms with van der Waals surface area (Å²) in [6.07, 6.45) is 6.66. The summed E-state index contributed by atoms with van der Waals surface area (Å²) >= 11 is 0. The topological polar surface area (TPSA) is 63.7 Å². The summed E-state index contributed by atoms with van der Waals surface area (Å²) < 4.78 is 11.9. The van der Waals surface area contributed by atoms with Gasteiger partial charge in [-0.2, -0.15) is 0 Å². The predicted molar refractivity (Wildman–Crippen MR) is 111 cm³/mol. The van der Waals surface area contributed by atoms with Crippen molar-refractivity contribution in [3.63, 3.8) is 0 Å². The van der Waals surface area contributed by atoms with Crippen molar-refractivity contribution in [2.45, 2.75) is 63.9 Å². The Hall–Kier alpha value is -2.44. The molecule has 0 unspecified atom stereocenters. The molecule has 2 saturated heterocycles. The van der Waals surface area contributed by atoms with Crippen molar-refractivity contribution < 1.29 is 14.3 Å². The highest BCUT2D eigenvalue weighted by Gasteiger charge is 2.32. The molecule has 29 heavy (non-hydrogen) atoms. The van der Waals surface area contributed by atoms with Gasteiger partial charge >= 0.3 is 0 Å². The zero-order valence-electron chi connectivity index (χ0n) is 16.8. The van der Waals surface area contributed by atoms with E-state index in [1.165, 1.54) is 0 Å². The second kappa shape index (κ2) is 7.76. The maximum absolute atomic E-state index is 13.5. The second-order valence-corrected chi connectivity index (χ2v) is 8.21. The van der Waals surface area contributed by atoms with Crippen molar-refractivity contribution in [3.8, 4) is 0 Å². The number of anilines is 3. The van der Waals surface area contributed by atoms with Crippen LogP contribution in [-0.4, -0.2) is 29.7 Å². The van der Waals surface area contributed by atoms with Crippen LogP contribution in [0.25, 0.3) is 0 Å². The molecule has 0 radical (unpaired) electrons. The minimum Gasteiger partial charge on any atom is -0.371 e. The minimum atomic E-state index is -0.374. The lowest BCUT2D eigenvalue weighted by Crippen LogP contribution is -2.41. The van der Waals surface area contributed by atoms with Gasteiger partial charge in [0, 0.05) is 18.4 Å². The summed E-state index contributed by atoms with van der Waals surface area (Å²) in [4.78, 5) is 19.8. The molecule has 3 aliphatic heterocycles. The molecule has 152 valence electrons. The molecule has 5 rings (SSSR count). The number of aromatic nitrogens is 1. The van der Waals surface area contributed by atoms with Gasteiger partial charge in [0.25, 0.3) is 5.91 Å². The van der Waals surface area contributed by atoms with E-state index in [0.717, 1.165) is 60.4 Å². The molecule has 2 fully saturated rings. The van der Waals surface area contributed by atoms with Crippen LogP contribution in [-0.2, 0) is 20.8 Å². The number of benzene rings is 1. The van der Waals surface area contributed by atoms with Gasteiger partial charge in [0.1, 0.15) is 11.9 Å². The van der Waals surface area contributed by atoms with Gasteiger partial charge in [0.05, 0.1) is 30.1 Å². The van der Waals surface area contributed by atoms with Crippen molar-refractivity contribution in [2.75, 3.05) is 16.8 Å². The van der Waals surface area contributed by atoms with Crippen LogP contribution < -0.4 is 10.2 Å². The van der Waals surface area contributed by atoms with Crippen molar-refractivity contribution in [1.29, 1.82) is 0 Å². The van der Waals surface area contributed by atoms with Crippen LogP contribution in [0, 0.1) is 0 Å². The molecule has 0 spiro atoms. The molecule has 0 bridgehead atoms. The number of amides is 1. The van der Waals surface area contributed by atoms with Crippen LogP contribution in [0.5, 0.6) is 0 Å². The molecule has 0 aliphatic carbocycles. The number of pyridine rings is 1. The number of hydrogen-bond acceptors (Lipinski definition) is 5. The molecule has 0 saturated carbocycles. The lowest BCUT2D eigenvalue weighted by molar-refractivity contribution is -0.132. The number of carbonyl (C=O) groups excluding carboxylic acids is 1. The number of ether oxygens (including phenoxy) is 2. The van der Waals surface area contributed by atoms with Gasteiger partial charge in [-0.15, -0.1) is 0 Å². The van der Waals surface area contributed by atoms with Gasteiger partial charge in [-0.3, -0.25) is 4.79 Å². The lowest BCUT2D eigenvalue weighted by atomic mass is 10.0. The molecule has 1 N–H and O–H groups in total. The van der Waals surface area contributed by atoms with E-state index in [0.29, 0.717) is 13.2 Å². The van der Waals surface area contributed by atoms with Gasteiger partial charge in [-0.05, 0) is 62.8 Å². The van der Waals surface area contributed by atoms with Crippen molar-refractivity contribution in [1.82, 2.24) is 4.98 Å². The Labute approximate surface area is 171 Å². The summed E-state index contributed by atoms with van der Waals surface area (Å²) in [5, 5.41) is 3.43. The molecule has 3 aliphatic rings. The van der Waals surface area contributed by atoms with Crippen LogP contribution in [0.15, 0.2) is 36.5 Å². The Bertz CT molecular complexity index is 910. The van der Waals surface area contributed by atoms with Gasteiger partial charge < -0.3 is 19.7 Å². The summed E-state index contributed by atoms with van der Waals surface area (Å²) in [6, 6.07) is 10.2. The normalized spacial score (nSPS) is 26.2. The van der Waals surface area contributed by atoms with E-state index in [1.807, 2.05) is 23.1 Å². The van der Waals surface area contributed by atoms with E-state index in [9.17, 15) is 4.79 Å². The second-order valence-electron chi connectivity index (χ2n) is 8.21. The number of rotatable bonds is 2. The summed E-state index contributed by atoms with van der Waals surface area (Å²) in [6.45, 7) is 3.25. The van der Waals surface area contributed by atoms with Crippen LogP contribution in [0.1, 0.15) is 56.3 Å². The molecule has 1 aromatic heterocycles. The summed E-state index contributed by atoms with van der Waals surface area (Å²) in [5.41, 5.74) is 3.89. The SMILES string of the molecule is C[C@@H]1CC[C@H](c2ccc3c(c2)N(C(=O)[C@H]2CCCCO2)Cc2cccnc2N3)O1. The first-order valence-corrected chi connectivity index (χ1v) is 10.6. The number of hydrogen-bond donors (Lipinski definition) is 1. The summed E-state index contributed by atoms with van der Waals surface area (Å²) in [7, 11) is 0. The third kappa shape index (κ3) is 3.63. The fourth-order valence-corrected chi connectivity index (χ4v) is 4.49. The molecule has 6 heteroatoms. The van der Waals surface area contributed by atoms with Gasteiger partial charge in [-0.1, -0.05) is 12.1 Å². The Morgan fingerprint density at radius 3 is 2.93 bits per heavy atom.